The van der Waals surface area contributed by atoms with Gasteiger partial charge in [0.1, 0.15) is 6.04 Å². The maximum Gasteiger partial charge on any atom is 0.272 e. The molecule has 150 valence electrons. The second-order valence-corrected chi connectivity index (χ2v) is 8.13. The van der Waals surface area contributed by atoms with Crippen LogP contribution in [0.1, 0.15) is 48.0 Å². The maximum atomic E-state index is 13.2. The Hall–Kier alpha value is -2.48. The first-order valence-corrected chi connectivity index (χ1v) is 10.0. The molecule has 28 heavy (non-hydrogen) atoms. The molecule has 0 aliphatic carbocycles. The van der Waals surface area contributed by atoms with Crippen molar-refractivity contribution in [2.45, 2.75) is 57.2 Å². The summed E-state index contributed by atoms with van der Waals surface area (Å²) in [4.78, 5) is 40.4. The van der Waals surface area contributed by atoms with E-state index in [1.54, 1.807) is 17.9 Å². The molecule has 0 aromatic heterocycles. The summed E-state index contributed by atoms with van der Waals surface area (Å²) < 4.78 is 0. The van der Waals surface area contributed by atoms with E-state index in [4.69, 9.17) is 0 Å². The molecule has 0 radical (unpaired) electrons. The first kappa shape index (κ1) is 18.9. The number of amides is 2. The summed E-state index contributed by atoms with van der Waals surface area (Å²) in [6, 6.07) is 4.84. The highest BCUT2D eigenvalue weighted by Crippen LogP contribution is 2.27. The monoisotopic (exact) mass is 386 g/mol. The molecule has 3 aliphatic heterocycles. The van der Waals surface area contributed by atoms with Crippen LogP contribution in [-0.2, 0) is 4.79 Å². The van der Waals surface area contributed by atoms with Gasteiger partial charge in [-0.3, -0.25) is 19.7 Å². The molecular formula is C20H26N4O4. The van der Waals surface area contributed by atoms with Gasteiger partial charge in [-0.05, 0) is 51.2 Å². The molecule has 2 amide bonds. The van der Waals surface area contributed by atoms with E-state index in [0.29, 0.717) is 42.7 Å². The quantitative estimate of drug-likeness (QED) is 0.632. The fourth-order valence-corrected chi connectivity index (χ4v) is 4.78. The van der Waals surface area contributed by atoms with Crippen molar-refractivity contribution in [3.05, 3.63) is 39.4 Å². The Morgan fingerprint density at radius 2 is 1.93 bits per heavy atom. The van der Waals surface area contributed by atoms with Crippen LogP contribution in [0.3, 0.4) is 0 Å². The van der Waals surface area contributed by atoms with Crippen LogP contribution in [-0.4, -0.2) is 64.3 Å². The minimum atomic E-state index is -0.452. The molecule has 8 heteroatoms. The van der Waals surface area contributed by atoms with Crippen molar-refractivity contribution in [3.8, 4) is 0 Å². The molecular weight excluding hydrogens is 360 g/mol. The zero-order valence-corrected chi connectivity index (χ0v) is 16.1. The van der Waals surface area contributed by atoms with Crippen molar-refractivity contribution in [2.75, 3.05) is 19.6 Å². The highest BCUT2D eigenvalue weighted by molar-refractivity contribution is 5.98. The Bertz CT molecular complexity index is 811. The molecule has 3 aliphatic rings. The lowest BCUT2D eigenvalue weighted by atomic mass is 10.1. The van der Waals surface area contributed by atoms with E-state index < -0.39 is 11.0 Å². The van der Waals surface area contributed by atoms with Crippen LogP contribution >= 0.6 is 0 Å². The summed E-state index contributed by atoms with van der Waals surface area (Å²) in [5.41, 5.74) is 0.852. The Kier molecular flexibility index (Phi) is 5.05. The Morgan fingerprint density at radius 1 is 1.14 bits per heavy atom. The molecule has 3 saturated heterocycles. The van der Waals surface area contributed by atoms with Crippen molar-refractivity contribution >= 4 is 17.5 Å². The minimum absolute atomic E-state index is 0.00211. The van der Waals surface area contributed by atoms with Crippen molar-refractivity contribution < 1.29 is 14.5 Å². The van der Waals surface area contributed by atoms with E-state index in [0.717, 1.165) is 25.8 Å². The number of nitrogens with zero attached hydrogens (tertiary/aromatic N) is 3. The van der Waals surface area contributed by atoms with E-state index in [1.807, 2.05) is 4.90 Å². The van der Waals surface area contributed by atoms with Crippen LogP contribution < -0.4 is 5.32 Å². The van der Waals surface area contributed by atoms with Gasteiger partial charge in [-0.25, -0.2) is 0 Å². The fraction of sp³-hybridized carbons (Fsp3) is 0.600. The number of hydrogen-bond donors (Lipinski definition) is 1. The van der Waals surface area contributed by atoms with Crippen molar-refractivity contribution in [1.82, 2.24) is 15.1 Å². The summed E-state index contributed by atoms with van der Waals surface area (Å²) in [5.74, 6) is -0.179. The number of nitro benzene ring substituents is 1. The van der Waals surface area contributed by atoms with Gasteiger partial charge in [0.05, 0.1) is 4.92 Å². The van der Waals surface area contributed by atoms with Crippen molar-refractivity contribution in [1.29, 1.82) is 0 Å². The van der Waals surface area contributed by atoms with E-state index in [-0.39, 0.29) is 17.5 Å². The average Bonchev–Trinajstić information content (AvgIpc) is 3.26. The number of likely N-dealkylation sites (tertiary alicyclic amines) is 2. The number of carbonyl (C=O) groups is 2. The van der Waals surface area contributed by atoms with E-state index in [1.165, 1.54) is 18.6 Å². The van der Waals surface area contributed by atoms with Crippen LogP contribution in [0, 0.1) is 17.0 Å². The number of rotatable bonds is 3. The Labute approximate surface area is 164 Å². The third-order valence-electron chi connectivity index (χ3n) is 6.27. The number of nitrogens with one attached hydrogen (secondary N) is 1. The second kappa shape index (κ2) is 7.50. The Balaban J connectivity index is 1.50. The van der Waals surface area contributed by atoms with Gasteiger partial charge in [0.25, 0.3) is 11.6 Å². The summed E-state index contributed by atoms with van der Waals surface area (Å²) >= 11 is 0. The van der Waals surface area contributed by atoms with Gasteiger partial charge < -0.3 is 15.1 Å². The van der Waals surface area contributed by atoms with Crippen molar-refractivity contribution in [3.63, 3.8) is 0 Å². The van der Waals surface area contributed by atoms with Crippen LogP contribution in [0.25, 0.3) is 0 Å². The van der Waals surface area contributed by atoms with Gasteiger partial charge in [-0.2, -0.15) is 0 Å². The SMILES string of the molecule is Cc1cc(C(=O)N2CCCC2C(=O)N2CCC3CCC(C2)N3)ccc1[N+](=O)[O-]. The predicted octanol–water partition coefficient (Wildman–Crippen LogP) is 1.86. The summed E-state index contributed by atoms with van der Waals surface area (Å²) in [7, 11) is 0. The molecule has 1 N–H and O–H groups in total. The first-order chi connectivity index (χ1) is 13.4. The molecule has 1 aromatic carbocycles. The average molecular weight is 386 g/mol. The number of fused-ring (bicyclic) bond motifs is 2. The van der Waals surface area contributed by atoms with Crippen LogP contribution in [0.2, 0.25) is 0 Å². The van der Waals surface area contributed by atoms with Gasteiger partial charge in [-0.15, -0.1) is 0 Å². The van der Waals surface area contributed by atoms with Gasteiger partial charge >= 0.3 is 0 Å². The zero-order chi connectivity index (χ0) is 19.8. The van der Waals surface area contributed by atoms with Crippen LogP contribution in [0.15, 0.2) is 18.2 Å². The highest BCUT2D eigenvalue weighted by atomic mass is 16.6. The van der Waals surface area contributed by atoms with Crippen LogP contribution in [0.5, 0.6) is 0 Å². The van der Waals surface area contributed by atoms with Gasteiger partial charge in [0, 0.05) is 48.9 Å². The third-order valence-corrected chi connectivity index (χ3v) is 6.27. The van der Waals surface area contributed by atoms with Crippen LogP contribution in [0.4, 0.5) is 5.69 Å². The van der Waals surface area contributed by atoms with E-state index in [9.17, 15) is 19.7 Å². The minimum Gasteiger partial charge on any atom is -0.339 e. The normalized spacial score (nSPS) is 27.0. The van der Waals surface area contributed by atoms with Gasteiger partial charge in [0.2, 0.25) is 5.91 Å². The third kappa shape index (κ3) is 3.48. The highest BCUT2D eigenvalue weighted by Gasteiger charge is 2.39. The molecule has 2 bridgehead atoms. The molecule has 0 saturated carbocycles. The molecule has 3 unspecified atom stereocenters. The topological polar surface area (TPSA) is 95.8 Å². The molecule has 4 rings (SSSR count). The lowest BCUT2D eigenvalue weighted by molar-refractivity contribution is -0.385. The molecule has 1 aromatic rings. The number of carbonyl (C=O) groups excluding carboxylic acids is 2. The molecule has 3 atom stereocenters. The van der Waals surface area contributed by atoms with Gasteiger partial charge in [0.15, 0.2) is 0 Å². The predicted molar refractivity (Wildman–Crippen MR) is 103 cm³/mol. The molecule has 8 nitrogen and oxygen atoms in total. The standard InChI is InChI=1S/C20H26N4O4/c1-13-11-14(4-7-17(13)24(27)28)19(25)23-9-2-3-18(23)20(26)22-10-8-15-5-6-16(12-22)21-15/h4,7,11,15-16,18,21H,2-3,5-6,8-10,12H2,1H3. The smallest absolute Gasteiger partial charge is 0.272 e. The summed E-state index contributed by atoms with van der Waals surface area (Å²) in [6.45, 7) is 3.62. The number of nitro groups is 1. The molecule has 3 heterocycles. The number of hydrogen-bond acceptors (Lipinski definition) is 5. The second-order valence-electron chi connectivity index (χ2n) is 8.13. The van der Waals surface area contributed by atoms with E-state index >= 15 is 0 Å². The Morgan fingerprint density at radius 3 is 2.68 bits per heavy atom. The number of aryl methyl sites for hydroxylation is 1. The lowest BCUT2D eigenvalue weighted by Gasteiger charge is -2.31. The first-order valence-electron chi connectivity index (χ1n) is 10.0. The lowest BCUT2D eigenvalue weighted by Crippen LogP contribution is -2.50. The largest absolute Gasteiger partial charge is 0.339 e. The molecule has 0 spiro atoms. The van der Waals surface area contributed by atoms with Gasteiger partial charge in [-0.1, -0.05) is 0 Å². The summed E-state index contributed by atoms with van der Waals surface area (Å²) in [6.07, 6.45) is 4.72. The van der Waals surface area contributed by atoms with E-state index in [2.05, 4.69) is 5.32 Å². The maximum absolute atomic E-state index is 13.2. The summed E-state index contributed by atoms with van der Waals surface area (Å²) in [5, 5.41) is 14.6. The number of benzene rings is 1. The molecule has 3 fully saturated rings. The van der Waals surface area contributed by atoms with Crippen molar-refractivity contribution in [2.24, 2.45) is 0 Å². The fourth-order valence-electron chi connectivity index (χ4n) is 4.78. The zero-order valence-electron chi connectivity index (χ0n) is 16.1.